The van der Waals surface area contributed by atoms with E-state index in [0.717, 1.165) is 24.9 Å². The van der Waals surface area contributed by atoms with Crippen molar-refractivity contribution in [2.24, 2.45) is 0 Å². The van der Waals surface area contributed by atoms with E-state index in [1.165, 1.54) is 0 Å². The lowest BCUT2D eigenvalue weighted by atomic mass is 10.2. The van der Waals surface area contributed by atoms with Crippen LogP contribution in [0.25, 0.3) is 11.4 Å². The van der Waals surface area contributed by atoms with Crippen LogP contribution in [0.2, 0.25) is 0 Å². The van der Waals surface area contributed by atoms with E-state index in [0.29, 0.717) is 11.9 Å². The van der Waals surface area contributed by atoms with E-state index in [1.54, 1.807) is 4.80 Å². The van der Waals surface area contributed by atoms with Gasteiger partial charge in [-0.1, -0.05) is 44.2 Å². The Morgan fingerprint density at radius 1 is 1.15 bits per heavy atom. The van der Waals surface area contributed by atoms with Gasteiger partial charge in [0.05, 0.1) is 6.04 Å². The van der Waals surface area contributed by atoms with Gasteiger partial charge in [-0.05, 0) is 31.5 Å². The molecule has 0 saturated heterocycles. The van der Waals surface area contributed by atoms with Gasteiger partial charge in [0.1, 0.15) is 0 Å². The molecule has 1 aromatic heterocycles. The van der Waals surface area contributed by atoms with Crippen molar-refractivity contribution in [3.05, 3.63) is 30.3 Å². The second kappa shape index (κ2) is 7.14. The van der Waals surface area contributed by atoms with Gasteiger partial charge < -0.3 is 5.32 Å². The molecule has 108 valence electrons. The minimum absolute atomic E-state index is 0.272. The van der Waals surface area contributed by atoms with Gasteiger partial charge in [-0.25, -0.2) is 0 Å². The normalized spacial score (nSPS) is 12.8. The largest absolute Gasteiger partial charge is 0.315 e. The Morgan fingerprint density at radius 2 is 1.90 bits per heavy atom. The molecule has 1 aromatic carbocycles. The van der Waals surface area contributed by atoms with E-state index >= 15 is 0 Å². The van der Waals surface area contributed by atoms with Gasteiger partial charge >= 0.3 is 0 Å². The highest BCUT2D eigenvalue weighted by atomic mass is 15.6. The van der Waals surface area contributed by atoms with E-state index in [2.05, 4.69) is 41.5 Å². The summed E-state index contributed by atoms with van der Waals surface area (Å²) in [4.78, 5) is 1.72. The maximum atomic E-state index is 4.47. The van der Waals surface area contributed by atoms with Crippen molar-refractivity contribution in [1.82, 2.24) is 25.5 Å². The van der Waals surface area contributed by atoms with Crippen molar-refractivity contribution < 1.29 is 0 Å². The molecule has 1 unspecified atom stereocenters. The van der Waals surface area contributed by atoms with Crippen molar-refractivity contribution in [2.45, 2.75) is 45.7 Å². The van der Waals surface area contributed by atoms with Crippen LogP contribution in [0.3, 0.4) is 0 Å². The average Bonchev–Trinajstić information content (AvgIpc) is 2.94. The molecular weight excluding hydrogens is 250 g/mol. The van der Waals surface area contributed by atoms with Gasteiger partial charge in [0.15, 0.2) is 0 Å². The SMILES string of the molecule is CC(C)NCCCC(C)n1nnc(-c2ccccc2)n1. The van der Waals surface area contributed by atoms with Crippen LogP contribution in [-0.4, -0.2) is 32.8 Å². The van der Waals surface area contributed by atoms with Crippen LogP contribution in [0.4, 0.5) is 0 Å². The molecule has 1 heterocycles. The number of aromatic nitrogens is 4. The van der Waals surface area contributed by atoms with Crippen LogP contribution < -0.4 is 5.32 Å². The fraction of sp³-hybridized carbons (Fsp3) is 0.533. The van der Waals surface area contributed by atoms with Crippen LogP contribution in [0.15, 0.2) is 30.3 Å². The van der Waals surface area contributed by atoms with Crippen LogP contribution in [0.1, 0.15) is 39.7 Å². The van der Waals surface area contributed by atoms with E-state index in [4.69, 9.17) is 0 Å². The highest BCUT2D eigenvalue weighted by Crippen LogP contribution is 2.15. The molecule has 0 saturated carbocycles. The molecule has 1 N–H and O–H groups in total. The van der Waals surface area contributed by atoms with Gasteiger partial charge in [0.25, 0.3) is 0 Å². The van der Waals surface area contributed by atoms with E-state index in [9.17, 15) is 0 Å². The molecule has 1 atom stereocenters. The molecule has 0 amide bonds. The fourth-order valence-corrected chi connectivity index (χ4v) is 2.02. The molecule has 2 rings (SSSR count). The molecule has 0 spiro atoms. The number of hydrogen-bond donors (Lipinski definition) is 1. The summed E-state index contributed by atoms with van der Waals surface area (Å²) in [5, 5.41) is 16.2. The Morgan fingerprint density at radius 3 is 2.60 bits per heavy atom. The fourth-order valence-electron chi connectivity index (χ4n) is 2.02. The molecular formula is C15H23N5. The molecule has 5 nitrogen and oxygen atoms in total. The summed E-state index contributed by atoms with van der Waals surface area (Å²) in [6, 6.07) is 10.8. The lowest BCUT2D eigenvalue weighted by molar-refractivity contribution is 0.385. The van der Waals surface area contributed by atoms with E-state index < -0.39 is 0 Å². The topological polar surface area (TPSA) is 55.6 Å². The lowest BCUT2D eigenvalue weighted by Gasteiger charge is -2.11. The molecule has 0 fully saturated rings. The van der Waals surface area contributed by atoms with Crippen molar-refractivity contribution in [2.75, 3.05) is 6.54 Å². The van der Waals surface area contributed by atoms with Crippen LogP contribution in [-0.2, 0) is 0 Å². The molecule has 0 aliphatic heterocycles. The second-order valence-electron chi connectivity index (χ2n) is 5.40. The van der Waals surface area contributed by atoms with E-state index in [1.807, 2.05) is 30.3 Å². The van der Waals surface area contributed by atoms with Gasteiger partial charge in [-0.15, -0.1) is 10.2 Å². The zero-order valence-corrected chi connectivity index (χ0v) is 12.5. The number of tetrazole rings is 1. The number of hydrogen-bond acceptors (Lipinski definition) is 4. The predicted molar refractivity (Wildman–Crippen MR) is 80.3 cm³/mol. The van der Waals surface area contributed by atoms with Crippen molar-refractivity contribution >= 4 is 0 Å². The summed E-state index contributed by atoms with van der Waals surface area (Å²) < 4.78 is 0. The molecule has 20 heavy (non-hydrogen) atoms. The number of benzene rings is 1. The summed E-state index contributed by atoms with van der Waals surface area (Å²) in [5.41, 5.74) is 1.01. The Bertz CT molecular complexity index is 506. The van der Waals surface area contributed by atoms with Crippen molar-refractivity contribution in [1.29, 1.82) is 0 Å². The average molecular weight is 273 g/mol. The molecule has 0 radical (unpaired) electrons. The minimum atomic E-state index is 0.272. The molecule has 0 aliphatic carbocycles. The van der Waals surface area contributed by atoms with Crippen molar-refractivity contribution in [3.63, 3.8) is 0 Å². The third-order valence-electron chi connectivity index (χ3n) is 3.21. The first kappa shape index (κ1) is 14.7. The smallest absolute Gasteiger partial charge is 0.204 e. The van der Waals surface area contributed by atoms with Gasteiger partial charge in [0, 0.05) is 11.6 Å². The Kier molecular flexibility index (Phi) is 5.24. The third kappa shape index (κ3) is 4.13. The first-order chi connectivity index (χ1) is 9.66. The zero-order valence-electron chi connectivity index (χ0n) is 12.5. The van der Waals surface area contributed by atoms with Gasteiger partial charge in [0.2, 0.25) is 5.82 Å². The number of nitrogens with one attached hydrogen (secondary N) is 1. The maximum Gasteiger partial charge on any atom is 0.204 e. The summed E-state index contributed by atoms with van der Waals surface area (Å²) in [6.45, 7) is 7.48. The monoisotopic (exact) mass is 273 g/mol. The summed E-state index contributed by atoms with van der Waals surface area (Å²) in [5.74, 6) is 0.692. The van der Waals surface area contributed by atoms with Gasteiger partial charge in [-0.2, -0.15) is 4.80 Å². The Balaban J connectivity index is 1.88. The standard InChI is InChI=1S/C15H23N5/c1-12(2)16-11-7-8-13(3)20-18-15(17-19-20)14-9-5-4-6-10-14/h4-6,9-10,12-13,16H,7-8,11H2,1-3H3. The summed E-state index contributed by atoms with van der Waals surface area (Å²) >= 11 is 0. The minimum Gasteiger partial charge on any atom is -0.315 e. The van der Waals surface area contributed by atoms with E-state index in [-0.39, 0.29) is 6.04 Å². The summed E-state index contributed by atoms with van der Waals surface area (Å²) in [6.07, 6.45) is 2.16. The highest BCUT2D eigenvalue weighted by molar-refractivity contribution is 5.52. The van der Waals surface area contributed by atoms with Crippen LogP contribution in [0.5, 0.6) is 0 Å². The third-order valence-corrected chi connectivity index (χ3v) is 3.21. The Labute approximate surface area is 120 Å². The quantitative estimate of drug-likeness (QED) is 0.788. The van der Waals surface area contributed by atoms with Gasteiger partial charge in [-0.3, -0.25) is 0 Å². The van der Waals surface area contributed by atoms with Crippen LogP contribution in [0, 0.1) is 0 Å². The second-order valence-corrected chi connectivity index (χ2v) is 5.40. The first-order valence-corrected chi connectivity index (χ1v) is 7.25. The molecule has 5 heteroatoms. The Hall–Kier alpha value is -1.75. The molecule has 2 aromatic rings. The molecule has 0 aliphatic rings. The zero-order chi connectivity index (χ0) is 14.4. The molecule has 0 bridgehead atoms. The number of nitrogens with zero attached hydrogens (tertiary/aromatic N) is 4. The summed E-state index contributed by atoms with van der Waals surface area (Å²) in [7, 11) is 0. The highest BCUT2D eigenvalue weighted by Gasteiger charge is 2.10. The lowest BCUT2D eigenvalue weighted by Crippen LogP contribution is -2.24. The number of rotatable bonds is 7. The first-order valence-electron chi connectivity index (χ1n) is 7.25. The predicted octanol–water partition coefficient (Wildman–Crippen LogP) is 2.68. The van der Waals surface area contributed by atoms with Crippen LogP contribution >= 0.6 is 0 Å². The van der Waals surface area contributed by atoms with Crippen molar-refractivity contribution in [3.8, 4) is 11.4 Å². The maximum absolute atomic E-state index is 4.47.